The lowest BCUT2D eigenvalue weighted by Gasteiger charge is -1.94. The van der Waals surface area contributed by atoms with E-state index in [1.807, 2.05) is 37.4 Å². The third kappa shape index (κ3) is 2.99. The summed E-state index contributed by atoms with van der Waals surface area (Å²) in [5.41, 5.74) is 1.80. The van der Waals surface area contributed by atoms with Crippen molar-refractivity contribution < 1.29 is 9.18 Å². The van der Waals surface area contributed by atoms with Gasteiger partial charge in [-0.25, -0.2) is 9.37 Å². The summed E-state index contributed by atoms with van der Waals surface area (Å²) in [4.78, 5) is 23.6. The largest absolute Gasteiger partial charge is 0.319 e. The summed E-state index contributed by atoms with van der Waals surface area (Å²) in [7, 11) is 1.82. The first-order valence-electron chi connectivity index (χ1n) is 8.38. The fourth-order valence-electron chi connectivity index (χ4n) is 2.90. The molecule has 0 atom stereocenters. The molecular formula is C20H12FN3OS3. The van der Waals surface area contributed by atoms with E-state index in [-0.39, 0.29) is 11.7 Å². The van der Waals surface area contributed by atoms with Gasteiger partial charge in [0, 0.05) is 7.05 Å². The molecule has 0 bridgehead atoms. The SMILES string of the molecule is Cn1c(=NC(=O)c2ccc(-c3nc4ccccc4s3)s2)sc2cc(F)ccc21. The van der Waals surface area contributed by atoms with Crippen LogP contribution in [0.2, 0.25) is 0 Å². The minimum atomic E-state index is -0.306. The van der Waals surface area contributed by atoms with Crippen LogP contribution in [0.4, 0.5) is 4.39 Å². The average Bonchev–Trinajstić information content (AvgIpc) is 3.39. The number of fused-ring (bicyclic) bond motifs is 2. The van der Waals surface area contributed by atoms with Gasteiger partial charge in [0.1, 0.15) is 10.8 Å². The van der Waals surface area contributed by atoms with E-state index >= 15 is 0 Å². The van der Waals surface area contributed by atoms with Crippen molar-refractivity contribution in [2.24, 2.45) is 12.0 Å². The Morgan fingerprint density at radius 1 is 1.04 bits per heavy atom. The average molecular weight is 426 g/mol. The van der Waals surface area contributed by atoms with Gasteiger partial charge in [-0.1, -0.05) is 23.5 Å². The Morgan fingerprint density at radius 3 is 2.75 bits per heavy atom. The monoisotopic (exact) mass is 425 g/mol. The Bertz CT molecular complexity index is 1390. The Hall–Kier alpha value is -2.68. The number of para-hydroxylation sites is 1. The molecular weight excluding hydrogens is 413 g/mol. The van der Waals surface area contributed by atoms with Gasteiger partial charge >= 0.3 is 0 Å². The molecule has 0 saturated carbocycles. The fourth-order valence-corrected chi connectivity index (χ4v) is 5.85. The van der Waals surface area contributed by atoms with Crippen molar-refractivity contribution in [1.82, 2.24) is 9.55 Å². The zero-order chi connectivity index (χ0) is 19.3. The first-order chi connectivity index (χ1) is 13.6. The molecule has 0 aliphatic heterocycles. The highest BCUT2D eigenvalue weighted by Crippen LogP contribution is 2.34. The number of thiazole rings is 2. The van der Waals surface area contributed by atoms with E-state index in [4.69, 9.17) is 0 Å². The van der Waals surface area contributed by atoms with Crippen LogP contribution in [0.3, 0.4) is 0 Å². The van der Waals surface area contributed by atoms with Gasteiger partial charge in [-0.3, -0.25) is 4.79 Å². The maximum absolute atomic E-state index is 13.4. The van der Waals surface area contributed by atoms with Gasteiger partial charge in [-0.2, -0.15) is 4.99 Å². The van der Waals surface area contributed by atoms with Crippen LogP contribution in [0.1, 0.15) is 9.67 Å². The second kappa shape index (κ2) is 6.73. The molecule has 0 fully saturated rings. The molecule has 0 aliphatic carbocycles. The predicted molar refractivity (Wildman–Crippen MR) is 114 cm³/mol. The second-order valence-electron chi connectivity index (χ2n) is 6.12. The Balaban J connectivity index is 1.51. The number of carbonyl (C=O) groups excluding carboxylic acids is 1. The number of halogens is 1. The molecule has 3 aromatic heterocycles. The molecule has 0 radical (unpaired) electrons. The van der Waals surface area contributed by atoms with Crippen molar-refractivity contribution in [3.05, 3.63) is 70.1 Å². The number of aryl methyl sites for hydroxylation is 1. The Kier molecular flexibility index (Phi) is 4.19. The first kappa shape index (κ1) is 17.4. The molecule has 0 unspecified atom stereocenters. The van der Waals surface area contributed by atoms with Gasteiger partial charge in [-0.05, 0) is 42.5 Å². The molecule has 28 heavy (non-hydrogen) atoms. The van der Waals surface area contributed by atoms with Gasteiger partial charge in [-0.15, -0.1) is 22.7 Å². The third-order valence-electron chi connectivity index (χ3n) is 4.29. The normalized spacial score (nSPS) is 12.3. The van der Waals surface area contributed by atoms with Crippen molar-refractivity contribution >= 4 is 60.4 Å². The summed E-state index contributed by atoms with van der Waals surface area (Å²) in [6.07, 6.45) is 0. The molecule has 3 heterocycles. The van der Waals surface area contributed by atoms with Crippen LogP contribution >= 0.6 is 34.0 Å². The van der Waals surface area contributed by atoms with Crippen LogP contribution in [0.25, 0.3) is 30.3 Å². The van der Waals surface area contributed by atoms with Gasteiger partial charge in [0.15, 0.2) is 4.80 Å². The van der Waals surface area contributed by atoms with Crippen molar-refractivity contribution in [2.45, 2.75) is 0 Å². The van der Waals surface area contributed by atoms with Crippen LogP contribution in [-0.2, 0) is 7.05 Å². The van der Waals surface area contributed by atoms with Crippen LogP contribution in [0, 0.1) is 5.82 Å². The van der Waals surface area contributed by atoms with Gasteiger partial charge in [0.2, 0.25) is 0 Å². The van der Waals surface area contributed by atoms with Gasteiger partial charge < -0.3 is 4.57 Å². The zero-order valence-corrected chi connectivity index (χ0v) is 17.0. The van der Waals surface area contributed by atoms with Crippen LogP contribution < -0.4 is 4.80 Å². The first-order valence-corrected chi connectivity index (χ1v) is 10.8. The summed E-state index contributed by atoms with van der Waals surface area (Å²) >= 11 is 4.29. The highest BCUT2D eigenvalue weighted by molar-refractivity contribution is 7.26. The quantitative estimate of drug-likeness (QED) is 0.377. The standard InChI is InChI=1S/C20H12FN3OS3/c1-24-13-7-6-11(21)10-17(13)28-20(24)23-18(25)15-8-9-16(26-15)19-22-12-4-2-3-5-14(12)27-19/h2-10H,1H3. The molecule has 5 aromatic rings. The molecule has 1 amide bonds. The summed E-state index contributed by atoms with van der Waals surface area (Å²) in [6.45, 7) is 0. The maximum atomic E-state index is 13.4. The Labute approximate surface area is 170 Å². The number of thiophene rings is 1. The molecule has 138 valence electrons. The Morgan fingerprint density at radius 2 is 1.89 bits per heavy atom. The lowest BCUT2D eigenvalue weighted by atomic mass is 10.3. The minimum absolute atomic E-state index is 0.300. The van der Waals surface area contributed by atoms with E-state index in [0.29, 0.717) is 9.68 Å². The third-order valence-corrected chi connectivity index (χ3v) is 7.66. The maximum Gasteiger partial charge on any atom is 0.289 e. The molecule has 8 heteroatoms. The van der Waals surface area contributed by atoms with Crippen LogP contribution in [0.15, 0.2) is 59.6 Å². The van der Waals surface area contributed by atoms with Crippen molar-refractivity contribution in [3.63, 3.8) is 0 Å². The number of amides is 1. The van der Waals surface area contributed by atoms with Crippen molar-refractivity contribution in [1.29, 1.82) is 0 Å². The van der Waals surface area contributed by atoms with E-state index in [2.05, 4.69) is 9.98 Å². The van der Waals surface area contributed by atoms with E-state index in [0.717, 1.165) is 30.3 Å². The number of aromatic nitrogens is 2. The number of benzene rings is 2. The molecule has 0 aliphatic rings. The molecule has 4 nitrogen and oxygen atoms in total. The minimum Gasteiger partial charge on any atom is -0.319 e. The van der Waals surface area contributed by atoms with Crippen LogP contribution in [0.5, 0.6) is 0 Å². The second-order valence-corrected chi connectivity index (χ2v) is 9.25. The van der Waals surface area contributed by atoms with E-state index in [1.54, 1.807) is 28.0 Å². The predicted octanol–water partition coefficient (Wildman–Crippen LogP) is 5.46. The van der Waals surface area contributed by atoms with E-state index in [1.165, 1.54) is 34.8 Å². The summed E-state index contributed by atoms with van der Waals surface area (Å²) in [6, 6.07) is 16.2. The topological polar surface area (TPSA) is 47.2 Å². The van der Waals surface area contributed by atoms with E-state index < -0.39 is 0 Å². The summed E-state index contributed by atoms with van der Waals surface area (Å²) in [5, 5.41) is 0.896. The molecule has 5 rings (SSSR count). The molecule has 0 saturated heterocycles. The summed E-state index contributed by atoms with van der Waals surface area (Å²) < 4.78 is 17.1. The zero-order valence-electron chi connectivity index (χ0n) is 14.5. The van der Waals surface area contributed by atoms with E-state index in [9.17, 15) is 9.18 Å². The number of hydrogen-bond donors (Lipinski definition) is 0. The van der Waals surface area contributed by atoms with Gasteiger partial charge in [0.25, 0.3) is 5.91 Å². The highest BCUT2D eigenvalue weighted by atomic mass is 32.1. The number of nitrogens with zero attached hydrogens (tertiary/aromatic N) is 3. The number of hydrogen-bond acceptors (Lipinski definition) is 5. The molecule has 0 N–H and O–H groups in total. The number of carbonyl (C=O) groups is 1. The summed E-state index contributed by atoms with van der Waals surface area (Å²) in [5.74, 6) is -0.606. The van der Waals surface area contributed by atoms with Gasteiger partial charge in [0.05, 0.1) is 30.2 Å². The van der Waals surface area contributed by atoms with Crippen molar-refractivity contribution in [3.8, 4) is 9.88 Å². The lowest BCUT2D eigenvalue weighted by molar-refractivity contribution is 0.100. The smallest absolute Gasteiger partial charge is 0.289 e. The van der Waals surface area contributed by atoms with Crippen LogP contribution in [-0.4, -0.2) is 15.5 Å². The number of rotatable bonds is 2. The highest BCUT2D eigenvalue weighted by Gasteiger charge is 2.13. The molecule has 0 spiro atoms. The van der Waals surface area contributed by atoms with Crippen molar-refractivity contribution in [2.75, 3.05) is 0 Å². The lowest BCUT2D eigenvalue weighted by Crippen LogP contribution is -2.12. The fraction of sp³-hybridized carbons (Fsp3) is 0.0500. The molecule has 2 aromatic carbocycles.